The fourth-order valence-corrected chi connectivity index (χ4v) is 5.60. The first-order valence-corrected chi connectivity index (χ1v) is 13.4. The first-order chi connectivity index (χ1) is 19.3. The molecule has 0 atom stereocenters. The molecule has 0 aliphatic rings. The number of nitrogens with one attached hydrogen (secondary N) is 1. The summed E-state index contributed by atoms with van der Waals surface area (Å²) in [5.74, 6) is 0. The molecule has 0 bridgehead atoms. The average molecular weight is 498 g/mol. The third kappa shape index (κ3) is 4.35. The molecule has 1 heteroatoms. The van der Waals surface area contributed by atoms with E-state index < -0.39 is 0 Å². The van der Waals surface area contributed by atoms with E-state index in [4.69, 9.17) is 0 Å². The molecule has 0 spiro atoms. The highest BCUT2D eigenvalue weighted by Gasteiger charge is 2.13. The Kier molecular flexibility index (Phi) is 5.88. The minimum absolute atomic E-state index is 1.07. The van der Waals surface area contributed by atoms with Crippen LogP contribution in [0.1, 0.15) is 0 Å². The molecule has 0 saturated carbocycles. The zero-order valence-corrected chi connectivity index (χ0v) is 21.5. The lowest BCUT2D eigenvalue weighted by molar-refractivity contribution is 1.52. The lowest BCUT2D eigenvalue weighted by atomic mass is 9.89. The first kappa shape index (κ1) is 23.0. The van der Waals surface area contributed by atoms with Gasteiger partial charge < -0.3 is 5.32 Å². The van der Waals surface area contributed by atoms with Gasteiger partial charge in [0.2, 0.25) is 0 Å². The number of para-hydroxylation sites is 1. The highest BCUT2D eigenvalue weighted by Crippen LogP contribution is 2.40. The molecule has 184 valence electrons. The van der Waals surface area contributed by atoms with Crippen molar-refractivity contribution in [1.82, 2.24) is 0 Å². The maximum Gasteiger partial charge on any atom is 0.0463 e. The third-order valence-electron chi connectivity index (χ3n) is 7.47. The standard InChI is InChI=1S/C38H27N/c1-2-12-27(13-3-1)33-17-10-11-21-38(33)39-30-24-22-28(23-25-30)31-15-6-7-19-35(31)37-26-29-14-4-5-16-32(29)34-18-8-9-20-36(34)37/h1-26,39H. The second kappa shape index (κ2) is 9.96. The van der Waals surface area contributed by atoms with E-state index in [0.717, 1.165) is 11.4 Å². The predicted octanol–water partition coefficient (Wildman–Crippen LogP) is 10.7. The van der Waals surface area contributed by atoms with Gasteiger partial charge in [-0.3, -0.25) is 0 Å². The summed E-state index contributed by atoms with van der Waals surface area (Å²) in [4.78, 5) is 0. The van der Waals surface area contributed by atoms with Crippen molar-refractivity contribution in [2.75, 3.05) is 5.32 Å². The quantitative estimate of drug-likeness (QED) is 0.233. The topological polar surface area (TPSA) is 12.0 Å². The summed E-state index contributed by atoms with van der Waals surface area (Å²) in [5, 5.41) is 8.76. The van der Waals surface area contributed by atoms with Crippen LogP contribution in [0.2, 0.25) is 0 Å². The number of fused-ring (bicyclic) bond motifs is 3. The lowest BCUT2D eigenvalue weighted by Crippen LogP contribution is -1.93. The van der Waals surface area contributed by atoms with E-state index in [9.17, 15) is 0 Å². The van der Waals surface area contributed by atoms with Crippen LogP contribution < -0.4 is 5.32 Å². The van der Waals surface area contributed by atoms with Crippen LogP contribution in [0, 0.1) is 0 Å². The summed E-state index contributed by atoms with van der Waals surface area (Å²) >= 11 is 0. The van der Waals surface area contributed by atoms with Gasteiger partial charge in [0.1, 0.15) is 0 Å². The summed E-state index contributed by atoms with van der Waals surface area (Å²) in [6, 6.07) is 56.2. The van der Waals surface area contributed by atoms with Crippen molar-refractivity contribution in [1.29, 1.82) is 0 Å². The highest BCUT2D eigenvalue weighted by atomic mass is 14.9. The monoisotopic (exact) mass is 497 g/mol. The Balaban J connectivity index is 1.28. The van der Waals surface area contributed by atoms with E-state index in [1.807, 2.05) is 0 Å². The Bertz CT molecular complexity index is 1920. The molecular weight excluding hydrogens is 470 g/mol. The average Bonchev–Trinajstić information content (AvgIpc) is 3.02. The van der Waals surface area contributed by atoms with Crippen LogP contribution in [-0.4, -0.2) is 0 Å². The van der Waals surface area contributed by atoms with Gasteiger partial charge in [-0.2, -0.15) is 0 Å². The van der Waals surface area contributed by atoms with E-state index in [-0.39, 0.29) is 0 Å². The number of benzene rings is 7. The highest BCUT2D eigenvalue weighted by molar-refractivity contribution is 6.14. The van der Waals surface area contributed by atoms with Crippen LogP contribution in [0.15, 0.2) is 158 Å². The van der Waals surface area contributed by atoms with E-state index in [2.05, 4.69) is 163 Å². The maximum atomic E-state index is 3.64. The molecule has 39 heavy (non-hydrogen) atoms. The molecule has 7 aromatic rings. The minimum Gasteiger partial charge on any atom is -0.355 e. The molecule has 0 fully saturated rings. The van der Waals surface area contributed by atoms with Gasteiger partial charge in [0.05, 0.1) is 0 Å². The molecule has 0 saturated heterocycles. The van der Waals surface area contributed by atoms with Crippen molar-refractivity contribution < 1.29 is 0 Å². The predicted molar refractivity (Wildman–Crippen MR) is 167 cm³/mol. The molecule has 7 aromatic carbocycles. The van der Waals surface area contributed by atoms with Crippen molar-refractivity contribution in [2.24, 2.45) is 0 Å². The largest absolute Gasteiger partial charge is 0.355 e. The van der Waals surface area contributed by atoms with Crippen molar-refractivity contribution in [3.8, 4) is 33.4 Å². The Labute approximate surface area is 229 Å². The summed E-state index contributed by atoms with van der Waals surface area (Å²) in [6.45, 7) is 0. The molecule has 1 N–H and O–H groups in total. The van der Waals surface area contributed by atoms with Gasteiger partial charge in [0, 0.05) is 16.9 Å². The van der Waals surface area contributed by atoms with Gasteiger partial charge in [-0.15, -0.1) is 0 Å². The Hall–Kier alpha value is -5.14. The van der Waals surface area contributed by atoms with Gasteiger partial charge >= 0.3 is 0 Å². The molecule has 7 rings (SSSR count). The molecule has 0 unspecified atom stereocenters. The number of hydrogen-bond donors (Lipinski definition) is 1. The zero-order chi connectivity index (χ0) is 26.0. The Morgan fingerprint density at radius 3 is 1.69 bits per heavy atom. The first-order valence-electron chi connectivity index (χ1n) is 13.4. The summed E-state index contributed by atoms with van der Waals surface area (Å²) in [6.07, 6.45) is 0. The molecule has 0 aliphatic heterocycles. The van der Waals surface area contributed by atoms with Gasteiger partial charge in [-0.1, -0.05) is 133 Å². The molecule has 0 heterocycles. The van der Waals surface area contributed by atoms with E-state index in [1.54, 1.807) is 0 Å². The molecule has 1 nitrogen and oxygen atoms in total. The van der Waals surface area contributed by atoms with Crippen LogP contribution >= 0.6 is 0 Å². The summed E-state index contributed by atoms with van der Waals surface area (Å²) in [5.41, 5.74) is 9.49. The van der Waals surface area contributed by atoms with E-state index in [0.29, 0.717) is 0 Å². The van der Waals surface area contributed by atoms with Crippen molar-refractivity contribution in [3.63, 3.8) is 0 Å². The maximum absolute atomic E-state index is 3.64. The van der Waals surface area contributed by atoms with Gasteiger partial charge in [-0.25, -0.2) is 0 Å². The number of rotatable bonds is 5. The van der Waals surface area contributed by atoms with E-state index in [1.165, 1.54) is 54.9 Å². The van der Waals surface area contributed by atoms with Crippen LogP contribution in [0.25, 0.3) is 54.9 Å². The van der Waals surface area contributed by atoms with Crippen molar-refractivity contribution in [2.45, 2.75) is 0 Å². The van der Waals surface area contributed by atoms with E-state index >= 15 is 0 Å². The SMILES string of the molecule is c1ccc(-c2ccccc2Nc2ccc(-c3ccccc3-c3cc4ccccc4c4ccccc34)cc2)cc1. The second-order valence-electron chi connectivity index (χ2n) is 9.85. The van der Waals surface area contributed by atoms with Crippen LogP contribution in [0.4, 0.5) is 11.4 Å². The van der Waals surface area contributed by atoms with Crippen LogP contribution in [0.5, 0.6) is 0 Å². The molecule has 0 amide bonds. The van der Waals surface area contributed by atoms with Gasteiger partial charge in [-0.05, 0) is 73.6 Å². The molecule has 0 aliphatic carbocycles. The van der Waals surface area contributed by atoms with Gasteiger partial charge in [0.25, 0.3) is 0 Å². The third-order valence-corrected chi connectivity index (χ3v) is 7.47. The fraction of sp³-hybridized carbons (Fsp3) is 0. The summed E-state index contributed by atoms with van der Waals surface area (Å²) < 4.78 is 0. The number of anilines is 2. The molecule has 0 radical (unpaired) electrons. The lowest BCUT2D eigenvalue weighted by Gasteiger charge is -2.16. The van der Waals surface area contributed by atoms with Crippen molar-refractivity contribution >= 4 is 32.9 Å². The molecule has 0 aromatic heterocycles. The van der Waals surface area contributed by atoms with Crippen LogP contribution in [0.3, 0.4) is 0 Å². The zero-order valence-electron chi connectivity index (χ0n) is 21.5. The summed E-state index contributed by atoms with van der Waals surface area (Å²) in [7, 11) is 0. The minimum atomic E-state index is 1.07. The Morgan fingerprint density at radius 1 is 0.333 bits per heavy atom. The number of hydrogen-bond acceptors (Lipinski definition) is 1. The smallest absolute Gasteiger partial charge is 0.0463 e. The van der Waals surface area contributed by atoms with Crippen LogP contribution in [-0.2, 0) is 0 Å². The van der Waals surface area contributed by atoms with Crippen molar-refractivity contribution in [3.05, 3.63) is 158 Å². The van der Waals surface area contributed by atoms with Gasteiger partial charge in [0.15, 0.2) is 0 Å². The molecular formula is C38H27N. The fourth-order valence-electron chi connectivity index (χ4n) is 5.60. The normalized spacial score (nSPS) is 11.1. The second-order valence-corrected chi connectivity index (χ2v) is 9.85. The Morgan fingerprint density at radius 2 is 0.897 bits per heavy atom.